The summed E-state index contributed by atoms with van der Waals surface area (Å²) in [5, 5.41) is 0. The molecule has 0 aromatic heterocycles. The topological polar surface area (TPSA) is 42.0 Å². The fraction of sp³-hybridized carbons (Fsp3) is 0.435. The predicted molar refractivity (Wildman–Crippen MR) is 115 cm³/mol. The number of nitrogens with zero attached hydrogens (tertiary/aromatic N) is 2. The van der Waals surface area contributed by atoms with E-state index in [0.29, 0.717) is 0 Å². The zero-order valence-electron chi connectivity index (χ0n) is 18.0. The number of anilines is 2. The van der Waals surface area contributed by atoms with Crippen molar-refractivity contribution in [2.75, 3.05) is 44.6 Å². The molecule has 0 saturated heterocycles. The van der Waals surface area contributed by atoms with Crippen LogP contribution in [0.1, 0.15) is 38.0 Å². The van der Waals surface area contributed by atoms with Crippen molar-refractivity contribution in [3.05, 3.63) is 59.7 Å². The van der Waals surface area contributed by atoms with E-state index in [1.807, 2.05) is 107 Å². The van der Waals surface area contributed by atoms with Crippen molar-refractivity contribution < 1.29 is 14.3 Å². The summed E-state index contributed by atoms with van der Waals surface area (Å²) >= 11 is 0. The molecule has 5 nitrogen and oxygen atoms in total. The Morgan fingerprint density at radius 2 is 1.21 bits per heavy atom. The van der Waals surface area contributed by atoms with Crippen LogP contribution in [0.15, 0.2) is 48.5 Å². The third-order valence-electron chi connectivity index (χ3n) is 4.21. The Balaban J connectivity index is 2.25. The molecule has 0 heterocycles. The number of benzene rings is 2. The lowest BCUT2D eigenvalue weighted by Gasteiger charge is -2.23. The second-order valence-corrected chi connectivity index (χ2v) is 8.25. The minimum absolute atomic E-state index is 0.104. The van der Waals surface area contributed by atoms with Crippen LogP contribution in [0.2, 0.25) is 0 Å². The lowest BCUT2D eigenvalue weighted by atomic mass is 10.0. The number of hydrogen-bond donors (Lipinski definition) is 0. The molecule has 0 aliphatic carbocycles. The summed E-state index contributed by atoms with van der Waals surface area (Å²) in [6.07, 6.45) is -0.347. The molecule has 28 heavy (non-hydrogen) atoms. The number of carbonyl (C=O) groups excluding carboxylic acids is 1. The fourth-order valence-electron chi connectivity index (χ4n) is 2.80. The maximum atomic E-state index is 12.2. The zero-order valence-corrected chi connectivity index (χ0v) is 18.0. The highest BCUT2D eigenvalue weighted by Crippen LogP contribution is 2.29. The second-order valence-electron chi connectivity index (χ2n) is 8.25. The Kier molecular flexibility index (Phi) is 7.08. The highest BCUT2D eigenvalue weighted by molar-refractivity contribution is 5.71. The quantitative estimate of drug-likeness (QED) is 0.667. The van der Waals surface area contributed by atoms with Crippen LogP contribution < -0.4 is 9.80 Å². The normalized spacial score (nSPS) is 11.4. The molecule has 0 atom stereocenters. The van der Waals surface area contributed by atoms with Gasteiger partial charge in [0.25, 0.3) is 0 Å². The van der Waals surface area contributed by atoms with E-state index in [0.717, 1.165) is 22.5 Å². The van der Waals surface area contributed by atoms with E-state index in [2.05, 4.69) is 0 Å². The second kappa shape index (κ2) is 9.11. The van der Waals surface area contributed by atoms with Crippen molar-refractivity contribution in [1.29, 1.82) is 0 Å². The van der Waals surface area contributed by atoms with Crippen LogP contribution in [0.3, 0.4) is 0 Å². The molecule has 2 aromatic rings. The number of ether oxygens (including phenoxy) is 2. The first-order valence-corrected chi connectivity index (χ1v) is 9.45. The van der Waals surface area contributed by atoms with Gasteiger partial charge in [0.15, 0.2) is 0 Å². The van der Waals surface area contributed by atoms with Gasteiger partial charge in [-0.2, -0.15) is 0 Å². The van der Waals surface area contributed by atoms with Crippen LogP contribution in [-0.2, 0) is 14.3 Å². The van der Waals surface area contributed by atoms with E-state index < -0.39 is 5.60 Å². The Bertz CT molecular complexity index is 708. The van der Waals surface area contributed by atoms with Gasteiger partial charge in [0.1, 0.15) is 18.3 Å². The molecule has 0 aliphatic heterocycles. The van der Waals surface area contributed by atoms with Gasteiger partial charge in [0.2, 0.25) is 0 Å². The van der Waals surface area contributed by atoms with Crippen LogP contribution in [0, 0.1) is 0 Å². The molecule has 0 spiro atoms. The molecule has 2 rings (SSSR count). The van der Waals surface area contributed by atoms with Crippen LogP contribution in [0.4, 0.5) is 11.4 Å². The molecule has 0 N–H and O–H groups in total. The average molecular weight is 385 g/mol. The van der Waals surface area contributed by atoms with Crippen molar-refractivity contribution in [2.24, 2.45) is 0 Å². The maximum Gasteiger partial charge on any atom is 0.332 e. The van der Waals surface area contributed by atoms with Crippen LogP contribution in [-0.4, -0.2) is 46.4 Å². The van der Waals surface area contributed by atoms with Gasteiger partial charge in [0, 0.05) is 39.6 Å². The molecule has 0 unspecified atom stereocenters. The van der Waals surface area contributed by atoms with Crippen LogP contribution >= 0.6 is 0 Å². The highest BCUT2D eigenvalue weighted by atomic mass is 16.6. The summed E-state index contributed by atoms with van der Waals surface area (Å²) in [6.45, 7) is 5.44. The molecule has 0 aliphatic rings. The van der Waals surface area contributed by atoms with Crippen molar-refractivity contribution in [1.82, 2.24) is 0 Å². The standard InChI is InChI=1S/C23H32N2O3/c1-23(2,3)28-21(26)16-27-22(17-8-12-19(13-9-17)24(4)5)18-10-14-20(15-11-18)25(6)7/h8-15,22H,16H2,1-7H3. The molecule has 2 aromatic carbocycles. The number of esters is 1. The van der Waals surface area contributed by atoms with Crippen molar-refractivity contribution in [2.45, 2.75) is 32.5 Å². The van der Waals surface area contributed by atoms with Gasteiger partial charge in [0.05, 0.1) is 0 Å². The minimum Gasteiger partial charge on any atom is -0.458 e. The average Bonchev–Trinajstić information content (AvgIpc) is 2.61. The van der Waals surface area contributed by atoms with E-state index in [1.165, 1.54) is 0 Å². The minimum atomic E-state index is -0.531. The van der Waals surface area contributed by atoms with Gasteiger partial charge >= 0.3 is 5.97 Å². The molecular weight excluding hydrogens is 352 g/mol. The van der Waals surface area contributed by atoms with E-state index in [9.17, 15) is 4.79 Å². The Labute approximate surface area is 168 Å². The van der Waals surface area contributed by atoms with E-state index in [1.54, 1.807) is 0 Å². The van der Waals surface area contributed by atoms with Crippen LogP contribution in [0.5, 0.6) is 0 Å². The third kappa shape index (κ3) is 6.27. The summed E-state index contributed by atoms with van der Waals surface area (Å²) in [7, 11) is 8.02. The van der Waals surface area contributed by atoms with Gasteiger partial charge in [-0.15, -0.1) is 0 Å². The van der Waals surface area contributed by atoms with Gasteiger partial charge in [-0.3, -0.25) is 0 Å². The predicted octanol–water partition coefficient (Wildman–Crippen LogP) is 4.27. The first kappa shape index (κ1) is 21.8. The monoisotopic (exact) mass is 384 g/mol. The molecule has 0 saturated carbocycles. The Hall–Kier alpha value is -2.53. The smallest absolute Gasteiger partial charge is 0.332 e. The first-order chi connectivity index (χ1) is 13.1. The van der Waals surface area contributed by atoms with Crippen molar-refractivity contribution in [3.63, 3.8) is 0 Å². The van der Waals surface area contributed by atoms with E-state index >= 15 is 0 Å². The van der Waals surface area contributed by atoms with Gasteiger partial charge in [-0.25, -0.2) is 4.79 Å². The maximum absolute atomic E-state index is 12.2. The summed E-state index contributed by atoms with van der Waals surface area (Å²) in [5.41, 5.74) is 3.67. The van der Waals surface area contributed by atoms with E-state index in [-0.39, 0.29) is 18.7 Å². The van der Waals surface area contributed by atoms with E-state index in [4.69, 9.17) is 9.47 Å². The first-order valence-electron chi connectivity index (χ1n) is 9.45. The highest BCUT2D eigenvalue weighted by Gasteiger charge is 2.21. The molecule has 0 fully saturated rings. The van der Waals surface area contributed by atoms with Crippen LogP contribution in [0.25, 0.3) is 0 Å². The Morgan fingerprint density at radius 3 is 1.54 bits per heavy atom. The lowest BCUT2D eigenvalue weighted by molar-refractivity contribution is -0.161. The lowest BCUT2D eigenvalue weighted by Crippen LogP contribution is -2.27. The number of hydrogen-bond acceptors (Lipinski definition) is 5. The SMILES string of the molecule is CN(C)c1ccc(C(OCC(=O)OC(C)(C)C)c2ccc(N(C)C)cc2)cc1. The van der Waals surface area contributed by atoms with Gasteiger partial charge in [-0.1, -0.05) is 24.3 Å². The molecule has 0 bridgehead atoms. The number of carbonyl (C=O) groups is 1. The fourth-order valence-corrected chi connectivity index (χ4v) is 2.80. The Morgan fingerprint density at radius 1 is 0.821 bits per heavy atom. The summed E-state index contributed by atoms with van der Waals surface area (Å²) < 4.78 is 11.4. The molecule has 0 amide bonds. The number of rotatable bonds is 7. The van der Waals surface area contributed by atoms with Gasteiger partial charge < -0.3 is 19.3 Å². The molecule has 0 radical (unpaired) electrons. The largest absolute Gasteiger partial charge is 0.458 e. The summed E-state index contributed by atoms with van der Waals surface area (Å²) in [5.74, 6) is -0.368. The van der Waals surface area contributed by atoms with Crippen molar-refractivity contribution >= 4 is 17.3 Å². The summed E-state index contributed by atoms with van der Waals surface area (Å²) in [6, 6.07) is 16.3. The van der Waals surface area contributed by atoms with Gasteiger partial charge in [-0.05, 0) is 56.2 Å². The molecule has 152 valence electrons. The molecular formula is C23H32N2O3. The van der Waals surface area contributed by atoms with Crippen molar-refractivity contribution in [3.8, 4) is 0 Å². The molecule has 5 heteroatoms. The zero-order chi connectivity index (χ0) is 20.9. The summed E-state index contributed by atoms with van der Waals surface area (Å²) in [4.78, 5) is 16.2. The third-order valence-corrected chi connectivity index (χ3v) is 4.21.